The van der Waals surface area contributed by atoms with Gasteiger partial charge in [-0.05, 0) is 42.0 Å². The third-order valence-corrected chi connectivity index (χ3v) is 3.46. The smallest absolute Gasteiger partial charge is 0.257 e. The van der Waals surface area contributed by atoms with Crippen molar-refractivity contribution in [3.05, 3.63) is 52.5 Å². The Morgan fingerprint density at radius 3 is 2.52 bits per heavy atom. The summed E-state index contributed by atoms with van der Waals surface area (Å²) in [5.41, 5.74) is 14.0. The van der Waals surface area contributed by atoms with Crippen molar-refractivity contribution < 1.29 is 9.59 Å². The topological polar surface area (TPSA) is 110 Å². The summed E-state index contributed by atoms with van der Waals surface area (Å²) >= 11 is 6.02. The van der Waals surface area contributed by atoms with Crippen LogP contribution in [0.3, 0.4) is 0 Å². The molecule has 0 unspecified atom stereocenters. The molecule has 2 aromatic rings. The Morgan fingerprint density at radius 1 is 1.13 bits per heavy atom. The van der Waals surface area contributed by atoms with Gasteiger partial charge in [0.15, 0.2) is 0 Å². The summed E-state index contributed by atoms with van der Waals surface area (Å²) in [6.07, 6.45) is 0. The normalized spacial score (nSPS) is 10.2. The van der Waals surface area contributed by atoms with E-state index >= 15 is 0 Å². The van der Waals surface area contributed by atoms with Crippen molar-refractivity contribution in [1.29, 1.82) is 0 Å². The Kier molecular flexibility index (Phi) is 5.20. The molecule has 0 aromatic heterocycles. The van der Waals surface area contributed by atoms with E-state index in [0.717, 1.165) is 0 Å². The van der Waals surface area contributed by atoms with Crippen molar-refractivity contribution in [1.82, 2.24) is 0 Å². The molecular formula is C16H17ClN4O2. The van der Waals surface area contributed by atoms with Gasteiger partial charge in [0.05, 0.1) is 10.6 Å². The molecule has 0 radical (unpaired) electrons. The number of amides is 2. The lowest BCUT2D eigenvalue weighted by Crippen LogP contribution is -2.15. The highest BCUT2D eigenvalue weighted by Crippen LogP contribution is 2.24. The van der Waals surface area contributed by atoms with Crippen molar-refractivity contribution >= 4 is 40.5 Å². The Bertz CT molecular complexity index is 762. The number of benzene rings is 2. The van der Waals surface area contributed by atoms with E-state index in [9.17, 15) is 9.59 Å². The minimum Gasteiger partial charge on any atom is -0.399 e. The van der Waals surface area contributed by atoms with E-state index in [4.69, 9.17) is 23.1 Å². The standard InChI is InChI=1S/C16H17ClN4O2/c1-9(22)20-12-3-5-15(10(6-12)8-18)21-16(23)13-7-11(19)2-4-14(13)17/h2-7H,8,18-19H2,1H3,(H,20,22)(H,21,23). The molecule has 0 spiro atoms. The summed E-state index contributed by atoms with van der Waals surface area (Å²) < 4.78 is 0. The van der Waals surface area contributed by atoms with E-state index in [2.05, 4.69) is 10.6 Å². The molecule has 2 rings (SSSR count). The number of nitrogen functional groups attached to an aromatic ring is 1. The zero-order chi connectivity index (χ0) is 17.0. The average Bonchev–Trinajstić information content (AvgIpc) is 2.50. The lowest BCUT2D eigenvalue weighted by molar-refractivity contribution is -0.114. The van der Waals surface area contributed by atoms with Crippen LogP contribution in [0.2, 0.25) is 5.02 Å². The van der Waals surface area contributed by atoms with Gasteiger partial charge in [0.25, 0.3) is 5.91 Å². The second-order valence-electron chi connectivity index (χ2n) is 4.95. The van der Waals surface area contributed by atoms with E-state index in [-0.39, 0.29) is 23.9 Å². The fourth-order valence-electron chi connectivity index (χ4n) is 2.07. The number of nitrogens with two attached hydrogens (primary N) is 2. The van der Waals surface area contributed by atoms with Gasteiger partial charge in [0, 0.05) is 30.5 Å². The fraction of sp³-hybridized carbons (Fsp3) is 0.125. The van der Waals surface area contributed by atoms with Crippen LogP contribution in [0, 0.1) is 0 Å². The Balaban J connectivity index is 2.26. The molecule has 0 bridgehead atoms. The quantitative estimate of drug-likeness (QED) is 0.645. The number of carbonyl (C=O) groups excluding carboxylic acids is 2. The van der Waals surface area contributed by atoms with Gasteiger partial charge in [-0.1, -0.05) is 11.6 Å². The summed E-state index contributed by atoms with van der Waals surface area (Å²) in [7, 11) is 0. The molecule has 2 amide bonds. The minimum atomic E-state index is -0.385. The lowest BCUT2D eigenvalue weighted by atomic mass is 10.1. The van der Waals surface area contributed by atoms with Crippen molar-refractivity contribution in [3.8, 4) is 0 Å². The van der Waals surface area contributed by atoms with Crippen LogP contribution < -0.4 is 22.1 Å². The van der Waals surface area contributed by atoms with Gasteiger partial charge in [0.1, 0.15) is 0 Å². The summed E-state index contributed by atoms with van der Waals surface area (Å²) in [5.74, 6) is -0.569. The van der Waals surface area contributed by atoms with Gasteiger partial charge in [-0.3, -0.25) is 9.59 Å². The zero-order valence-corrected chi connectivity index (χ0v) is 13.3. The Morgan fingerprint density at radius 2 is 1.87 bits per heavy atom. The van der Waals surface area contributed by atoms with E-state index < -0.39 is 0 Å². The van der Waals surface area contributed by atoms with Crippen LogP contribution in [-0.4, -0.2) is 11.8 Å². The molecule has 0 heterocycles. The molecule has 2 aromatic carbocycles. The summed E-state index contributed by atoms with van der Waals surface area (Å²) in [6, 6.07) is 9.74. The van der Waals surface area contributed by atoms with Gasteiger partial charge in [0.2, 0.25) is 5.91 Å². The predicted octanol–water partition coefficient (Wildman–Crippen LogP) is 2.59. The Labute approximate surface area is 138 Å². The molecule has 0 saturated heterocycles. The zero-order valence-electron chi connectivity index (χ0n) is 12.5. The fourth-order valence-corrected chi connectivity index (χ4v) is 2.28. The van der Waals surface area contributed by atoms with Crippen molar-refractivity contribution in [2.45, 2.75) is 13.5 Å². The number of hydrogen-bond acceptors (Lipinski definition) is 4. The predicted molar refractivity (Wildman–Crippen MR) is 92.5 cm³/mol. The highest BCUT2D eigenvalue weighted by molar-refractivity contribution is 6.34. The SMILES string of the molecule is CC(=O)Nc1ccc(NC(=O)c2cc(N)ccc2Cl)c(CN)c1. The van der Waals surface area contributed by atoms with Gasteiger partial charge < -0.3 is 22.1 Å². The second kappa shape index (κ2) is 7.13. The molecule has 0 atom stereocenters. The lowest BCUT2D eigenvalue weighted by Gasteiger charge is -2.13. The van der Waals surface area contributed by atoms with E-state index in [0.29, 0.717) is 27.6 Å². The van der Waals surface area contributed by atoms with E-state index in [1.165, 1.54) is 13.0 Å². The first-order valence-electron chi connectivity index (χ1n) is 6.87. The van der Waals surface area contributed by atoms with Crippen LogP contribution in [0.4, 0.5) is 17.1 Å². The first kappa shape index (κ1) is 16.8. The molecule has 6 N–H and O–H groups in total. The second-order valence-corrected chi connectivity index (χ2v) is 5.36. The molecule has 0 aliphatic rings. The largest absolute Gasteiger partial charge is 0.399 e. The molecule has 120 valence electrons. The monoisotopic (exact) mass is 332 g/mol. The highest BCUT2D eigenvalue weighted by atomic mass is 35.5. The van der Waals surface area contributed by atoms with Crippen molar-refractivity contribution in [2.24, 2.45) is 5.73 Å². The van der Waals surface area contributed by atoms with Crippen LogP contribution in [0.1, 0.15) is 22.8 Å². The van der Waals surface area contributed by atoms with Gasteiger partial charge >= 0.3 is 0 Å². The molecule has 0 saturated carbocycles. The number of hydrogen-bond donors (Lipinski definition) is 4. The van der Waals surface area contributed by atoms with Crippen LogP contribution in [0.15, 0.2) is 36.4 Å². The van der Waals surface area contributed by atoms with Crippen LogP contribution in [0.5, 0.6) is 0 Å². The first-order valence-corrected chi connectivity index (χ1v) is 7.25. The molecule has 6 nitrogen and oxygen atoms in total. The van der Waals surface area contributed by atoms with Gasteiger partial charge in [-0.25, -0.2) is 0 Å². The Hall–Kier alpha value is -2.57. The molecule has 0 aliphatic carbocycles. The number of halogens is 1. The van der Waals surface area contributed by atoms with E-state index in [1.54, 1.807) is 30.3 Å². The molecule has 7 heteroatoms. The summed E-state index contributed by atoms with van der Waals surface area (Å²) in [5, 5.41) is 5.72. The summed E-state index contributed by atoms with van der Waals surface area (Å²) in [4.78, 5) is 23.4. The summed E-state index contributed by atoms with van der Waals surface area (Å²) in [6.45, 7) is 1.62. The van der Waals surface area contributed by atoms with Crippen molar-refractivity contribution in [3.63, 3.8) is 0 Å². The first-order chi connectivity index (χ1) is 10.9. The van der Waals surface area contributed by atoms with Crippen molar-refractivity contribution in [2.75, 3.05) is 16.4 Å². The highest BCUT2D eigenvalue weighted by Gasteiger charge is 2.13. The van der Waals surface area contributed by atoms with Crippen LogP contribution in [-0.2, 0) is 11.3 Å². The number of anilines is 3. The maximum absolute atomic E-state index is 12.4. The third kappa shape index (κ3) is 4.21. The molecule has 0 fully saturated rings. The van der Waals surface area contributed by atoms with Crippen LogP contribution >= 0.6 is 11.6 Å². The van der Waals surface area contributed by atoms with Gasteiger partial charge in [-0.15, -0.1) is 0 Å². The number of carbonyl (C=O) groups is 2. The molecular weight excluding hydrogens is 316 g/mol. The maximum atomic E-state index is 12.4. The number of rotatable bonds is 4. The molecule has 23 heavy (non-hydrogen) atoms. The minimum absolute atomic E-state index is 0.184. The third-order valence-electron chi connectivity index (χ3n) is 3.13. The maximum Gasteiger partial charge on any atom is 0.257 e. The average molecular weight is 333 g/mol. The van der Waals surface area contributed by atoms with E-state index in [1.807, 2.05) is 0 Å². The van der Waals surface area contributed by atoms with Crippen LogP contribution in [0.25, 0.3) is 0 Å². The number of nitrogens with one attached hydrogen (secondary N) is 2. The molecule has 0 aliphatic heterocycles. The van der Waals surface area contributed by atoms with Gasteiger partial charge in [-0.2, -0.15) is 0 Å².